The lowest BCUT2D eigenvalue weighted by Gasteiger charge is -2.08. The largest absolute Gasteiger partial charge is 0.469 e. The molecule has 0 amide bonds. The van der Waals surface area contributed by atoms with E-state index in [4.69, 9.17) is 13.9 Å². The minimum absolute atomic E-state index is 0.00294. The number of hydrogen-bond donors (Lipinski definition) is 0. The van der Waals surface area contributed by atoms with Crippen molar-refractivity contribution in [3.05, 3.63) is 70.4 Å². The molecule has 0 spiro atoms. The summed E-state index contributed by atoms with van der Waals surface area (Å²) in [7, 11) is 2.61. The first-order valence-corrected chi connectivity index (χ1v) is 9.89. The van der Waals surface area contributed by atoms with Gasteiger partial charge in [-0.05, 0) is 56.2 Å². The van der Waals surface area contributed by atoms with Gasteiger partial charge in [-0.2, -0.15) is 5.10 Å². The highest BCUT2D eigenvalue weighted by molar-refractivity contribution is 5.90. The zero-order valence-electron chi connectivity index (χ0n) is 18.3. The first kappa shape index (κ1) is 22.8. The number of nitrogens with zero attached hydrogens (tertiary/aromatic N) is 2. The maximum absolute atomic E-state index is 12.4. The van der Waals surface area contributed by atoms with Crippen LogP contribution < -0.4 is 0 Å². The summed E-state index contributed by atoms with van der Waals surface area (Å²) >= 11 is 0. The normalized spacial score (nSPS) is 10.6. The zero-order chi connectivity index (χ0) is 23.3. The van der Waals surface area contributed by atoms with Crippen molar-refractivity contribution >= 4 is 17.9 Å². The summed E-state index contributed by atoms with van der Waals surface area (Å²) in [6, 6.07) is 8.34. The van der Waals surface area contributed by atoms with Gasteiger partial charge in [0.1, 0.15) is 6.61 Å². The first-order valence-electron chi connectivity index (χ1n) is 9.89. The molecule has 0 fully saturated rings. The van der Waals surface area contributed by atoms with Gasteiger partial charge in [-0.15, -0.1) is 0 Å². The summed E-state index contributed by atoms with van der Waals surface area (Å²) < 4.78 is 21.5. The lowest BCUT2D eigenvalue weighted by molar-refractivity contribution is -0.140. The summed E-state index contributed by atoms with van der Waals surface area (Å²) in [5.74, 6) is -1.45. The Morgan fingerprint density at radius 3 is 2.38 bits per heavy atom. The number of carbonyl (C=O) groups is 3. The molecule has 9 nitrogen and oxygen atoms in total. The molecular formula is C23H24N2O7. The van der Waals surface area contributed by atoms with Crippen LogP contribution >= 0.6 is 0 Å². The highest BCUT2D eigenvalue weighted by atomic mass is 16.5. The summed E-state index contributed by atoms with van der Waals surface area (Å²) in [5.41, 5.74) is 4.27. The lowest BCUT2D eigenvalue weighted by atomic mass is 10.1. The number of benzene rings is 1. The van der Waals surface area contributed by atoms with E-state index in [2.05, 4.69) is 9.84 Å². The number of aromatic nitrogens is 2. The Kier molecular flexibility index (Phi) is 7.09. The maximum atomic E-state index is 12.4. The zero-order valence-corrected chi connectivity index (χ0v) is 18.3. The molecule has 0 aliphatic carbocycles. The minimum Gasteiger partial charge on any atom is -0.469 e. The summed E-state index contributed by atoms with van der Waals surface area (Å²) in [5, 5.41) is 4.56. The topological polar surface area (TPSA) is 110 Å². The third-order valence-electron chi connectivity index (χ3n) is 5.07. The van der Waals surface area contributed by atoms with Crippen molar-refractivity contribution in [1.82, 2.24) is 9.78 Å². The van der Waals surface area contributed by atoms with Gasteiger partial charge in [-0.25, -0.2) is 14.3 Å². The number of hydrogen-bond acceptors (Lipinski definition) is 8. The average Bonchev–Trinajstić information content (AvgIpc) is 3.39. The van der Waals surface area contributed by atoms with Crippen molar-refractivity contribution in [3.63, 3.8) is 0 Å². The number of carbonyl (C=O) groups excluding carboxylic acids is 3. The molecule has 3 aromatic rings. The van der Waals surface area contributed by atoms with Gasteiger partial charge < -0.3 is 18.6 Å². The van der Waals surface area contributed by atoms with E-state index in [1.807, 2.05) is 13.8 Å². The van der Waals surface area contributed by atoms with Crippen LogP contribution in [-0.4, -0.2) is 41.9 Å². The van der Waals surface area contributed by atoms with Crippen LogP contribution in [0.25, 0.3) is 5.69 Å². The molecule has 0 saturated carbocycles. The van der Waals surface area contributed by atoms with Gasteiger partial charge in [-0.3, -0.25) is 4.79 Å². The van der Waals surface area contributed by atoms with Gasteiger partial charge in [0, 0.05) is 17.7 Å². The Labute approximate surface area is 184 Å². The Hall–Kier alpha value is -3.88. The van der Waals surface area contributed by atoms with Crippen LogP contribution in [0.4, 0.5) is 0 Å². The molecule has 2 aromatic heterocycles. The number of esters is 3. The number of aryl methyl sites for hydroxylation is 1. The molecule has 0 radical (unpaired) electrons. The van der Waals surface area contributed by atoms with Crippen molar-refractivity contribution in [2.75, 3.05) is 14.2 Å². The molecule has 9 heteroatoms. The maximum Gasteiger partial charge on any atom is 0.374 e. The number of methoxy groups -OCH3 is 2. The van der Waals surface area contributed by atoms with Crippen LogP contribution in [0.15, 0.2) is 41.0 Å². The monoisotopic (exact) mass is 440 g/mol. The molecule has 0 unspecified atom stereocenters. The fourth-order valence-electron chi connectivity index (χ4n) is 3.30. The smallest absolute Gasteiger partial charge is 0.374 e. The van der Waals surface area contributed by atoms with Crippen LogP contribution in [-0.2, 0) is 32.0 Å². The first-order chi connectivity index (χ1) is 15.3. The van der Waals surface area contributed by atoms with Crippen LogP contribution in [0.5, 0.6) is 0 Å². The van der Waals surface area contributed by atoms with Gasteiger partial charge in [0.25, 0.3) is 0 Å². The third kappa shape index (κ3) is 4.88. The molecule has 2 heterocycles. The van der Waals surface area contributed by atoms with Crippen molar-refractivity contribution in [2.45, 2.75) is 33.3 Å². The molecule has 1 aromatic carbocycles. The van der Waals surface area contributed by atoms with E-state index < -0.39 is 11.9 Å². The minimum atomic E-state index is -0.638. The quantitative estimate of drug-likeness (QED) is 0.388. The van der Waals surface area contributed by atoms with Gasteiger partial charge in [0.05, 0.1) is 37.4 Å². The molecule has 0 aliphatic heterocycles. The summed E-state index contributed by atoms with van der Waals surface area (Å²) in [6.45, 7) is 3.70. The van der Waals surface area contributed by atoms with E-state index in [0.717, 1.165) is 22.6 Å². The highest BCUT2D eigenvalue weighted by Crippen LogP contribution is 2.21. The number of rotatable bonds is 8. The summed E-state index contributed by atoms with van der Waals surface area (Å²) in [4.78, 5) is 35.5. The average molecular weight is 440 g/mol. The summed E-state index contributed by atoms with van der Waals surface area (Å²) in [6.07, 6.45) is 2.15. The van der Waals surface area contributed by atoms with Gasteiger partial charge in [0.15, 0.2) is 0 Å². The lowest BCUT2D eigenvalue weighted by Crippen LogP contribution is -2.09. The predicted molar refractivity (Wildman–Crippen MR) is 113 cm³/mol. The van der Waals surface area contributed by atoms with E-state index in [-0.39, 0.29) is 24.8 Å². The second-order valence-corrected chi connectivity index (χ2v) is 7.03. The predicted octanol–water partition coefficient (Wildman–Crippen LogP) is 3.33. The fourth-order valence-corrected chi connectivity index (χ4v) is 3.30. The van der Waals surface area contributed by atoms with Crippen molar-refractivity contribution in [1.29, 1.82) is 0 Å². The van der Waals surface area contributed by atoms with Crippen LogP contribution in [0.3, 0.4) is 0 Å². The van der Waals surface area contributed by atoms with Gasteiger partial charge in [0.2, 0.25) is 5.76 Å². The van der Waals surface area contributed by atoms with Gasteiger partial charge >= 0.3 is 17.9 Å². The molecule has 32 heavy (non-hydrogen) atoms. The van der Waals surface area contributed by atoms with E-state index in [1.165, 1.54) is 20.5 Å². The SMILES string of the molecule is COC(=O)CCc1c(C)nn(-c2ccc(C(=O)OCc3ccoc3C(=O)OC)cc2)c1C. The molecule has 3 rings (SSSR count). The molecule has 0 atom stereocenters. The Bertz CT molecular complexity index is 1130. The molecule has 0 bridgehead atoms. The van der Waals surface area contributed by atoms with Gasteiger partial charge in [-0.1, -0.05) is 0 Å². The Balaban J connectivity index is 1.69. The highest BCUT2D eigenvalue weighted by Gasteiger charge is 2.18. The molecule has 168 valence electrons. The number of furan rings is 1. The number of ether oxygens (including phenoxy) is 3. The van der Waals surface area contributed by atoms with E-state index >= 15 is 0 Å². The Morgan fingerprint density at radius 1 is 1.00 bits per heavy atom. The molecule has 0 N–H and O–H groups in total. The van der Waals surface area contributed by atoms with E-state index in [9.17, 15) is 14.4 Å². The van der Waals surface area contributed by atoms with Crippen LogP contribution in [0.2, 0.25) is 0 Å². The second kappa shape index (κ2) is 9.95. The van der Waals surface area contributed by atoms with E-state index in [0.29, 0.717) is 17.5 Å². The van der Waals surface area contributed by atoms with Crippen molar-refractivity contribution in [2.24, 2.45) is 0 Å². The standard InChI is InChI=1S/C23H24N2O7/c1-14-19(9-10-20(26)29-3)15(2)25(24-14)18-7-5-16(6-8-18)22(27)32-13-17-11-12-31-21(17)23(28)30-4/h5-8,11-12H,9-10,13H2,1-4H3. The molecular weight excluding hydrogens is 416 g/mol. The Morgan fingerprint density at radius 2 is 1.72 bits per heavy atom. The van der Waals surface area contributed by atoms with E-state index in [1.54, 1.807) is 35.0 Å². The molecule has 0 aliphatic rings. The van der Waals surface area contributed by atoms with Crippen molar-refractivity contribution < 1.29 is 33.0 Å². The fraction of sp³-hybridized carbons (Fsp3) is 0.304. The van der Waals surface area contributed by atoms with Crippen LogP contribution in [0, 0.1) is 13.8 Å². The third-order valence-corrected chi connectivity index (χ3v) is 5.07. The molecule has 0 saturated heterocycles. The van der Waals surface area contributed by atoms with Crippen LogP contribution in [0.1, 0.15) is 49.8 Å². The van der Waals surface area contributed by atoms with Crippen molar-refractivity contribution in [3.8, 4) is 5.69 Å². The second-order valence-electron chi connectivity index (χ2n) is 7.03.